The van der Waals surface area contributed by atoms with Crippen LogP contribution in [0.2, 0.25) is 0 Å². The van der Waals surface area contributed by atoms with E-state index in [1.54, 1.807) is 44.6 Å². The van der Waals surface area contributed by atoms with Crippen molar-refractivity contribution >= 4 is 5.78 Å². The predicted octanol–water partition coefficient (Wildman–Crippen LogP) is 2.49. The maximum atomic E-state index is 13.2. The molecule has 128 valence electrons. The van der Waals surface area contributed by atoms with Gasteiger partial charge in [-0.1, -0.05) is 0 Å². The topological polar surface area (TPSA) is 63.2 Å². The summed E-state index contributed by atoms with van der Waals surface area (Å²) in [5.41, 5.74) is -0.889. The molecule has 2 atom stereocenters. The highest BCUT2D eigenvalue weighted by atomic mass is 16.6. The number of ether oxygens (including phenoxy) is 5. The minimum Gasteiger partial charge on any atom is -0.497 e. The molecule has 6 nitrogen and oxygen atoms in total. The Hall–Kier alpha value is -2.47. The molecule has 0 N–H and O–H groups in total. The number of benzene rings is 1. The zero-order valence-corrected chi connectivity index (χ0v) is 14.1. The zero-order valence-electron chi connectivity index (χ0n) is 14.1. The second-order valence-corrected chi connectivity index (χ2v) is 5.40. The molecule has 1 aliphatic carbocycles. The second kappa shape index (κ2) is 6.20. The smallest absolute Gasteiger partial charge is 0.206 e. The third-order valence-corrected chi connectivity index (χ3v) is 4.21. The molecule has 0 spiro atoms. The Morgan fingerprint density at radius 2 is 1.96 bits per heavy atom. The fourth-order valence-electron chi connectivity index (χ4n) is 2.98. The molecule has 1 aromatic carbocycles. The van der Waals surface area contributed by atoms with Gasteiger partial charge < -0.3 is 23.7 Å². The first-order valence-electron chi connectivity index (χ1n) is 7.66. The third-order valence-electron chi connectivity index (χ3n) is 4.21. The van der Waals surface area contributed by atoms with Crippen LogP contribution in [0.15, 0.2) is 41.9 Å². The van der Waals surface area contributed by atoms with E-state index in [-0.39, 0.29) is 5.78 Å². The molecule has 3 rings (SSSR count). The predicted molar refractivity (Wildman–Crippen MR) is 86.3 cm³/mol. The van der Waals surface area contributed by atoms with Gasteiger partial charge in [-0.3, -0.25) is 4.79 Å². The first-order valence-corrected chi connectivity index (χ1v) is 7.66. The summed E-state index contributed by atoms with van der Waals surface area (Å²) in [4.78, 5) is 13.2. The van der Waals surface area contributed by atoms with Crippen LogP contribution in [-0.4, -0.2) is 45.4 Å². The van der Waals surface area contributed by atoms with E-state index in [1.807, 2.05) is 6.92 Å². The van der Waals surface area contributed by atoms with Crippen LogP contribution in [0.25, 0.3) is 0 Å². The highest BCUT2D eigenvalue weighted by molar-refractivity contribution is 6.08. The van der Waals surface area contributed by atoms with Crippen molar-refractivity contribution in [2.45, 2.75) is 18.6 Å². The summed E-state index contributed by atoms with van der Waals surface area (Å²) in [5.74, 6) is 1.83. The SMILES string of the molecule is CCOC1=CC2(OC)C(=O)c3cc(OC)ccc3OC2C=C1OC. The van der Waals surface area contributed by atoms with Crippen molar-refractivity contribution < 1.29 is 28.5 Å². The van der Waals surface area contributed by atoms with Crippen molar-refractivity contribution in [1.82, 2.24) is 0 Å². The normalized spacial score (nSPS) is 24.8. The molecule has 0 bridgehead atoms. The average Bonchev–Trinajstić information content (AvgIpc) is 2.62. The lowest BCUT2D eigenvalue weighted by Crippen LogP contribution is -2.56. The maximum Gasteiger partial charge on any atom is 0.206 e. The summed E-state index contributed by atoms with van der Waals surface area (Å²) in [6.45, 7) is 2.30. The quantitative estimate of drug-likeness (QED) is 0.825. The van der Waals surface area contributed by atoms with Gasteiger partial charge in [0.25, 0.3) is 0 Å². The lowest BCUT2D eigenvalue weighted by atomic mass is 9.81. The van der Waals surface area contributed by atoms with Crippen molar-refractivity contribution in [2.24, 2.45) is 0 Å². The molecule has 0 amide bonds. The molecule has 1 aliphatic heterocycles. The molecule has 1 aromatic rings. The summed E-state index contributed by atoms with van der Waals surface area (Å²) in [6, 6.07) is 5.11. The van der Waals surface area contributed by atoms with E-state index in [9.17, 15) is 4.79 Å². The van der Waals surface area contributed by atoms with Crippen molar-refractivity contribution in [2.75, 3.05) is 27.9 Å². The number of carbonyl (C=O) groups is 1. The fraction of sp³-hybridized carbons (Fsp3) is 0.389. The van der Waals surface area contributed by atoms with Crippen LogP contribution < -0.4 is 9.47 Å². The Morgan fingerprint density at radius 1 is 1.17 bits per heavy atom. The summed E-state index contributed by atoms with van der Waals surface area (Å²) in [6.07, 6.45) is 2.69. The van der Waals surface area contributed by atoms with Crippen LogP contribution in [0.1, 0.15) is 17.3 Å². The van der Waals surface area contributed by atoms with Crippen molar-refractivity contribution in [3.05, 3.63) is 47.4 Å². The largest absolute Gasteiger partial charge is 0.497 e. The summed E-state index contributed by atoms with van der Waals surface area (Å²) in [5, 5.41) is 0. The summed E-state index contributed by atoms with van der Waals surface area (Å²) in [7, 11) is 4.57. The van der Waals surface area contributed by atoms with E-state index in [0.29, 0.717) is 35.2 Å². The van der Waals surface area contributed by atoms with Crippen LogP contribution in [0.3, 0.4) is 0 Å². The Labute approximate surface area is 140 Å². The van der Waals surface area contributed by atoms with Gasteiger partial charge in [0.05, 0.1) is 26.4 Å². The summed E-state index contributed by atoms with van der Waals surface area (Å²) < 4.78 is 27.8. The molecule has 2 unspecified atom stereocenters. The Balaban J connectivity index is 2.13. The minimum atomic E-state index is -1.30. The molecule has 24 heavy (non-hydrogen) atoms. The van der Waals surface area contributed by atoms with E-state index < -0.39 is 11.7 Å². The van der Waals surface area contributed by atoms with Gasteiger partial charge in [0.1, 0.15) is 11.5 Å². The number of hydrogen-bond donors (Lipinski definition) is 0. The van der Waals surface area contributed by atoms with E-state index in [4.69, 9.17) is 23.7 Å². The lowest BCUT2D eigenvalue weighted by Gasteiger charge is -2.41. The number of Topliss-reactive ketones (excluding diaryl/α,β-unsaturated/α-hetero) is 1. The van der Waals surface area contributed by atoms with Gasteiger partial charge >= 0.3 is 0 Å². The monoisotopic (exact) mass is 332 g/mol. The lowest BCUT2D eigenvalue weighted by molar-refractivity contribution is -0.0342. The number of carbonyl (C=O) groups excluding carboxylic acids is 1. The first kappa shape index (κ1) is 16.4. The molecule has 0 radical (unpaired) electrons. The van der Waals surface area contributed by atoms with Gasteiger partial charge in [-0.25, -0.2) is 0 Å². The highest BCUT2D eigenvalue weighted by Gasteiger charge is 2.53. The maximum absolute atomic E-state index is 13.2. The summed E-state index contributed by atoms with van der Waals surface area (Å²) >= 11 is 0. The molecular formula is C18H20O6. The van der Waals surface area contributed by atoms with E-state index in [0.717, 1.165) is 0 Å². The molecule has 0 aromatic heterocycles. The number of hydrogen-bond acceptors (Lipinski definition) is 6. The molecule has 0 saturated heterocycles. The standard InChI is InChI=1S/C18H20O6/c1-5-23-15-10-18(22-4)16(9-14(15)21-3)24-13-7-6-11(20-2)8-12(13)17(18)19/h6-10,16H,5H2,1-4H3. The van der Waals surface area contributed by atoms with Crippen LogP contribution in [0.4, 0.5) is 0 Å². The van der Waals surface area contributed by atoms with Crippen molar-refractivity contribution in [1.29, 1.82) is 0 Å². The minimum absolute atomic E-state index is 0.209. The van der Waals surface area contributed by atoms with Gasteiger partial charge in [-0.2, -0.15) is 0 Å². The number of rotatable bonds is 5. The number of methoxy groups -OCH3 is 3. The Bertz CT molecular complexity index is 720. The Kier molecular flexibility index (Phi) is 4.24. The van der Waals surface area contributed by atoms with Gasteiger partial charge in [0.15, 0.2) is 23.2 Å². The molecule has 2 aliphatic rings. The van der Waals surface area contributed by atoms with E-state index in [2.05, 4.69) is 0 Å². The van der Waals surface area contributed by atoms with Crippen molar-refractivity contribution in [3.63, 3.8) is 0 Å². The molecule has 0 saturated carbocycles. The average molecular weight is 332 g/mol. The molecule has 0 fully saturated rings. The van der Waals surface area contributed by atoms with Crippen molar-refractivity contribution in [3.8, 4) is 11.5 Å². The van der Waals surface area contributed by atoms with Gasteiger partial charge in [0, 0.05) is 19.3 Å². The molecule has 1 heterocycles. The molecular weight excluding hydrogens is 312 g/mol. The van der Waals surface area contributed by atoms with Crippen LogP contribution >= 0.6 is 0 Å². The van der Waals surface area contributed by atoms with Crippen LogP contribution in [-0.2, 0) is 14.2 Å². The van der Waals surface area contributed by atoms with Gasteiger partial charge in [-0.05, 0) is 25.1 Å². The number of ketones is 1. The second-order valence-electron chi connectivity index (χ2n) is 5.40. The number of fused-ring (bicyclic) bond motifs is 2. The first-order chi connectivity index (χ1) is 11.6. The molecule has 6 heteroatoms. The zero-order chi connectivity index (χ0) is 17.3. The van der Waals surface area contributed by atoms with Crippen LogP contribution in [0.5, 0.6) is 11.5 Å². The van der Waals surface area contributed by atoms with Crippen LogP contribution in [0, 0.1) is 0 Å². The van der Waals surface area contributed by atoms with Gasteiger partial charge in [-0.15, -0.1) is 0 Å². The third kappa shape index (κ3) is 2.34. The fourth-order valence-corrected chi connectivity index (χ4v) is 2.98. The Morgan fingerprint density at radius 3 is 2.58 bits per heavy atom. The van der Waals surface area contributed by atoms with E-state index in [1.165, 1.54) is 7.11 Å². The van der Waals surface area contributed by atoms with E-state index >= 15 is 0 Å². The van der Waals surface area contributed by atoms with Gasteiger partial charge in [0.2, 0.25) is 5.78 Å². The highest BCUT2D eigenvalue weighted by Crippen LogP contribution is 2.42.